The molecule has 6 nitrogen and oxygen atoms in total. The Balaban J connectivity index is 4.20. The van der Waals surface area contributed by atoms with Gasteiger partial charge in [-0.3, -0.25) is 14.4 Å². The summed E-state index contributed by atoms with van der Waals surface area (Å²) < 4.78 is 16.9. The van der Waals surface area contributed by atoms with Crippen molar-refractivity contribution in [3.05, 3.63) is 97.2 Å². The molecule has 0 amide bonds. The van der Waals surface area contributed by atoms with Gasteiger partial charge in [-0.1, -0.05) is 298 Å². The van der Waals surface area contributed by atoms with Gasteiger partial charge in [-0.2, -0.15) is 0 Å². The lowest BCUT2D eigenvalue weighted by atomic mass is 10.0. The third-order valence-corrected chi connectivity index (χ3v) is 14.8. The van der Waals surface area contributed by atoms with Crippen molar-refractivity contribution in [3.63, 3.8) is 0 Å². The molecule has 0 bridgehead atoms. The quantitative estimate of drug-likeness (QED) is 0.0261. The van der Waals surface area contributed by atoms with E-state index in [9.17, 15) is 14.4 Å². The average Bonchev–Trinajstić information content (AvgIpc) is 3.46. The van der Waals surface area contributed by atoms with Crippen molar-refractivity contribution in [3.8, 4) is 0 Å². The maximum absolute atomic E-state index is 12.9. The standard InChI is InChI=1S/C74H128O6/c1-4-7-10-13-16-19-22-24-26-28-30-32-34-35-36-37-38-39-41-42-44-46-48-50-52-55-58-61-64-67-73(76)79-70-71(69-78-72(75)66-63-60-57-54-21-18-15-12-9-6-3)80-74(77)68-65-62-59-56-53-51-49-47-45-43-40-33-31-29-27-25-23-20-17-14-11-8-5-2/h8,11-12,15,17,20,22,24-25,27-28,30-31,33,43,45,71H,4-7,9-10,13-14,16,18-19,21,23,26,29,32,34-42,44,46-70H2,1-3H3/b11-8-,15-12-,20-17-,24-22-,27-25-,30-28-,33-31-,45-43-. The zero-order chi connectivity index (χ0) is 57.8. The lowest BCUT2D eigenvalue weighted by Gasteiger charge is -2.18. The SMILES string of the molecule is CC/C=C\C/C=C\C/C=C\C/C=C\C/C=C\CCCCCCCCCC(=O)OC(COC(=O)CCCCCCC/C=C\CCC)COC(=O)CCCCCCCCCCCCCCCCCCC/C=C\C/C=C\CCCCCCC. The van der Waals surface area contributed by atoms with E-state index in [1.54, 1.807) is 0 Å². The monoisotopic (exact) mass is 1110 g/mol. The summed E-state index contributed by atoms with van der Waals surface area (Å²) in [5.41, 5.74) is 0. The molecule has 1 unspecified atom stereocenters. The molecule has 0 aromatic carbocycles. The topological polar surface area (TPSA) is 78.9 Å². The Morgan fingerprint density at radius 3 is 0.825 bits per heavy atom. The third kappa shape index (κ3) is 65.1. The van der Waals surface area contributed by atoms with E-state index in [0.29, 0.717) is 19.3 Å². The number of carbonyl (C=O) groups excluding carboxylic acids is 3. The highest BCUT2D eigenvalue weighted by Gasteiger charge is 2.19. The van der Waals surface area contributed by atoms with Crippen molar-refractivity contribution in [2.75, 3.05) is 13.2 Å². The summed E-state index contributed by atoms with van der Waals surface area (Å²) in [5.74, 6) is -0.894. The highest BCUT2D eigenvalue weighted by molar-refractivity contribution is 5.71. The Kier molecular flexibility index (Phi) is 64.7. The van der Waals surface area contributed by atoms with E-state index in [1.807, 2.05) is 0 Å². The summed E-state index contributed by atoms with van der Waals surface area (Å²) in [7, 11) is 0. The molecule has 460 valence electrons. The van der Waals surface area contributed by atoms with E-state index in [-0.39, 0.29) is 31.1 Å². The van der Waals surface area contributed by atoms with Crippen LogP contribution >= 0.6 is 0 Å². The summed E-state index contributed by atoms with van der Waals surface area (Å²) in [6.07, 6.45) is 91.5. The summed E-state index contributed by atoms with van der Waals surface area (Å²) in [4.78, 5) is 38.3. The van der Waals surface area contributed by atoms with Gasteiger partial charge in [0.25, 0.3) is 0 Å². The smallest absolute Gasteiger partial charge is 0.306 e. The van der Waals surface area contributed by atoms with Crippen molar-refractivity contribution < 1.29 is 28.6 Å². The summed E-state index contributed by atoms with van der Waals surface area (Å²) in [6, 6.07) is 0. The second-order valence-corrected chi connectivity index (χ2v) is 22.7. The van der Waals surface area contributed by atoms with Gasteiger partial charge in [0.2, 0.25) is 0 Å². The molecule has 1 atom stereocenters. The molecule has 0 aromatic rings. The number of ether oxygens (including phenoxy) is 3. The molecule has 0 aromatic heterocycles. The van der Waals surface area contributed by atoms with E-state index in [2.05, 4.69) is 118 Å². The predicted molar refractivity (Wildman–Crippen MR) is 348 cm³/mol. The number of hydrogen-bond acceptors (Lipinski definition) is 6. The fourth-order valence-corrected chi connectivity index (χ4v) is 9.68. The molecule has 6 heteroatoms. The number of hydrogen-bond donors (Lipinski definition) is 0. The molecule has 0 fully saturated rings. The summed E-state index contributed by atoms with van der Waals surface area (Å²) in [5, 5.41) is 0. The maximum Gasteiger partial charge on any atom is 0.306 e. The van der Waals surface area contributed by atoms with Crippen molar-refractivity contribution >= 4 is 17.9 Å². The van der Waals surface area contributed by atoms with Crippen LogP contribution in [0.1, 0.15) is 335 Å². The number of esters is 3. The molecule has 0 heterocycles. The molecule has 0 aliphatic heterocycles. The van der Waals surface area contributed by atoms with E-state index in [4.69, 9.17) is 14.2 Å². The number of rotatable bonds is 62. The predicted octanol–water partition coefficient (Wildman–Crippen LogP) is 23.6. The van der Waals surface area contributed by atoms with Crippen LogP contribution in [0.15, 0.2) is 97.2 Å². The lowest BCUT2D eigenvalue weighted by molar-refractivity contribution is -0.167. The number of allylic oxidation sites excluding steroid dienone is 16. The van der Waals surface area contributed by atoms with Crippen LogP contribution in [0.4, 0.5) is 0 Å². The zero-order valence-electron chi connectivity index (χ0n) is 52.8. The largest absolute Gasteiger partial charge is 0.462 e. The highest BCUT2D eigenvalue weighted by atomic mass is 16.6. The minimum absolute atomic E-state index is 0.0829. The van der Waals surface area contributed by atoms with Crippen LogP contribution in [0.25, 0.3) is 0 Å². The Morgan fingerprint density at radius 2 is 0.512 bits per heavy atom. The molecular weight excluding hydrogens is 985 g/mol. The molecule has 0 aliphatic carbocycles. The molecule has 0 spiro atoms. The maximum atomic E-state index is 12.9. The third-order valence-electron chi connectivity index (χ3n) is 14.8. The molecule has 0 saturated heterocycles. The molecule has 0 radical (unpaired) electrons. The summed E-state index contributed by atoms with van der Waals surface area (Å²) >= 11 is 0. The van der Waals surface area contributed by atoms with E-state index in [1.165, 1.54) is 180 Å². The van der Waals surface area contributed by atoms with Gasteiger partial charge < -0.3 is 14.2 Å². The van der Waals surface area contributed by atoms with E-state index in [0.717, 1.165) is 116 Å². The molecule has 80 heavy (non-hydrogen) atoms. The average molecular weight is 1110 g/mol. The van der Waals surface area contributed by atoms with Crippen molar-refractivity contribution in [1.29, 1.82) is 0 Å². The first kappa shape index (κ1) is 76.3. The van der Waals surface area contributed by atoms with Crippen molar-refractivity contribution in [2.45, 2.75) is 341 Å². The highest BCUT2D eigenvalue weighted by Crippen LogP contribution is 2.17. The van der Waals surface area contributed by atoms with Crippen LogP contribution in [0.2, 0.25) is 0 Å². The zero-order valence-corrected chi connectivity index (χ0v) is 52.8. The van der Waals surface area contributed by atoms with Gasteiger partial charge in [0, 0.05) is 19.3 Å². The Bertz CT molecular complexity index is 1560. The van der Waals surface area contributed by atoms with Crippen molar-refractivity contribution in [2.24, 2.45) is 0 Å². The first-order chi connectivity index (χ1) is 39.5. The van der Waals surface area contributed by atoms with Crippen LogP contribution in [-0.4, -0.2) is 37.2 Å². The van der Waals surface area contributed by atoms with Gasteiger partial charge >= 0.3 is 17.9 Å². The van der Waals surface area contributed by atoms with Gasteiger partial charge in [-0.15, -0.1) is 0 Å². The number of carbonyl (C=O) groups is 3. The fourth-order valence-electron chi connectivity index (χ4n) is 9.68. The van der Waals surface area contributed by atoms with Crippen molar-refractivity contribution in [1.82, 2.24) is 0 Å². The van der Waals surface area contributed by atoms with Crippen LogP contribution in [0, 0.1) is 0 Å². The lowest BCUT2D eigenvalue weighted by Crippen LogP contribution is -2.30. The first-order valence-electron chi connectivity index (χ1n) is 34.2. The van der Waals surface area contributed by atoms with E-state index >= 15 is 0 Å². The normalized spacial score (nSPS) is 12.7. The van der Waals surface area contributed by atoms with Crippen LogP contribution in [0.3, 0.4) is 0 Å². The van der Waals surface area contributed by atoms with Crippen LogP contribution in [0.5, 0.6) is 0 Å². The van der Waals surface area contributed by atoms with Crippen LogP contribution < -0.4 is 0 Å². The van der Waals surface area contributed by atoms with Gasteiger partial charge in [0.1, 0.15) is 13.2 Å². The molecular formula is C74H128O6. The van der Waals surface area contributed by atoms with E-state index < -0.39 is 6.10 Å². The molecule has 0 aliphatic rings. The van der Waals surface area contributed by atoms with Crippen LogP contribution in [-0.2, 0) is 28.6 Å². The Morgan fingerprint density at radius 1 is 0.263 bits per heavy atom. The van der Waals surface area contributed by atoms with Gasteiger partial charge in [0.15, 0.2) is 6.10 Å². The minimum Gasteiger partial charge on any atom is -0.462 e. The molecule has 0 rings (SSSR count). The Labute approximate surface area is 496 Å². The van der Waals surface area contributed by atoms with Gasteiger partial charge in [-0.05, 0) is 116 Å². The molecule has 0 saturated carbocycles. The van der Waals surface area contributed by atoms with Gasteiger partial charge in [-0.25, -0.2) is 0 Å². The fraction of sp³-hybridized carbons (Fsp3) is 0.743. The molecule has 0 N–H and O–H groups in total. The number of unbranched alkanes of at least 4 members (excludes halogenated alkanes) is 35. The first-order valence-corrected chi connectivity index (χ1v) is 34.2. The second kappa shape index (κ2) is 67.8. The second-order valence-electron chi connectivity index (χ2n) is 22.7. The minimum atomic E-state index is -0.788. The van der Waals surface area contributed by atoms with Gasteiger partial charge in [0.05, 0.1) is 0 Å². The Hall–Kier alpha value is -3.67. The summed E-state index contributed by atoms with van der Waals surface area (Å²) in [6.45, 7) is 6.47.